The molecule has 1 saturated heterocycles. The van der Waals surface area contributed by atoms with Gasteiger partial charge in [0.15, 0.2) is 0 Å². The Hall–Kier alpha value is -0.0800. The van der Waals surface area contributed by atoms with Crippen molar-refractivity contribution in [1.82, 2.24) is 4.90 Å². The van der Waals surface area contributed by atoms with E-state index in [0.29, 0.717) is 0 Å². The summed E-state index contributed by atoms with van der Waals surface area (Å²) in [7, 11) is 0. The van der Waals surface area contributed by atoms with Crippen LogP contribution in [0.5, 0.6) is 0 Å². The lowest BCUT2D eigenvalue weighted by atomic mass is 9.91. The average Bonchev–Trinajstić information content (AvgIpc) is 2.26. The van der Waals surface area contributed by atoms with Gasteiger partial charge in [-0.2, -0.15) is 0 Å². The maximum Gasteiger partial charge on any atom is 0.000724 e. The largest absolute Gasteiger partial charge is 0.330 e. The molecule has 3 atom stereocenters. The molecule has 0 aromatic heterocycles. The van der Waals surface area contributed by atoms with Gasteiger partial charge in [-0.3, -0.25) is 0 Å². The fourth-order valence-electron chi connectivity index (χ4n) is 3.37. The zero-order valence-corrected chi connectivity index (χ0v) is 12.1. The first-order chi connectivity index (χ1) is 8.15. The topological polar surface area (TPSA) is 29.3 Å². The van der Waals surface area contributed by atoms with Gasteiger partial charge >= 0.3 is 0 Å². The molecule has 2 heteroatoms. The summed E-state index contributed by atoms with van der Waals surface area (Å²) in [4.78, 5) is 2.67. The van der Waals surface area contributed by atoms with Crippen LogP contribution in [-0.4, -0.2) is 31.1 Å². The molecule has 2 nitrogen and oxygen atoms in total. The van der Waals surface area contributed by atoms with E-state index in [0.717, 1.165) is 24.3 Å². The number of hydrogen-bond acceptors (Lipinski definition) is 2. The maximum absolute atomic E-state index is 5.65. The predicted molar refractivity (Wildman–Crippen MR) is 76.1 cm³/mol. The van der Waals surface area contributed by atoms with Gasteiger partial charge in [0, 0.05) is 13.1 Å². The molecule has 102 valence electrons. The zero-order valence-electron chi connectivity index (χ0n) is 12.1. The van der Waals surface area contributed by atoms with Crippen LogP contribution >= 0.6 is 0 Å². The zero-order chi connectivity index (χ0) is 12.7. The summed E-state index contributed by atoms with van der Waals surface area (Å²) in [6, 6.07) is 0. The molecule has 0 aromatic carbocycles. The molecule has 1 fully saturated rings. The standard InChI is InChI=1S/C15H32N2/c1-4-15(7-8-16)6-5-9-17-11-13(2)10-14(3)12-17/h13-15H,4-12,16H2,1-3H3. The lowest BCUT2D eigenvalue weighted by molar-refractivity contribution is 0.136. The minimum atomic E-state index is 0.857. The van der Waals surface area contributed by atoms with Crippen LogP contribution < -0.4 is 5.73 Å². The summed E-state index contributed by atoms with van der Waals surface area (Å²) in [5.74, 6) is 2.65. The van der Waals surface area contributed by atoms with Crippen LogP contribution in [0.25, 0.3) is 0 Å². The van der Waals surface area contributed by atoms with E-state index >= 15 is 0 Å². The molecular weight excluding hydrogens is 208 g/mol. The molecule has 1 rings (SSSR count). The molecule has 0 saturated carbocycles. The third-order valence-electron chi connectivity index (χ3n) is 4.18. The summed E-state index contributed by atoms with van der Waals surface area (Å²) in [5, 5.41) is 0. The SMILES string of the molecule is CCC(CCN)CCCN1CC(C)CC(C)C1. The Bertz CT molecular complexity index is 183. The highest BCUT2D eigenvalue weighted by Gasteiger charge is 2.21. The fraction of sp³-hybridized carbons (Fsp3) is 1.00. The van der Waals surface area contributed by atoms with Crippen molar-refractivity contribution in [2.24, 2.45) is 23.5 Å². The number of piperidine rings is 1. The van der Waals surface area contributed by atoms with Gasteiger partial charge in [-0.05, 0) is 56.5 Å². The molecule has 3 unspecified atom stereocenters. The van der Waals surface area contributed by atoms with Gasteiger partial charge in [-0.15, -0.1) is 0 Å². The molecule has 1 aliphatic heterocycles. The molecule has 0 aromatic rings. The van der Waals surface area contributed by atoms with Crippen LogP contribution in [0.15, 0.2) is 0 Å². The van der Waals surface area contributed by atoms with Crippen molar-refractivity contribution in [1.29, 1.82) is 0 Å². The lowest BCUT2D eigenvalue weighted by Crippen LogP contribution is -2.39. The van der Waals surface area contributed by atoms with Crippen molar-refractivity contribution in [2.75, 3.05) is 26.2 Å². The quantitative estimate of drug-likeness (QED) is 0.741. The van der Waals surface area contributed by atoms with Gasteiger partial charge in [0.2, 0.25) is 0 Å². The summed E-state index contributed by atoms with van der Waals surface area (Å²) < 4.78 is 0. The molecule has 0 spiro atoms. The third kappa shape index (κ3) is 5.87. The molecule has 0 bridgehead atoms. The van der Waals surface area contributed by atoms with Crippen LogP contribution in [-0.2, 0) is 0 Å². The Balaban J connectivity index is 2.16. The van der Waals surface area contributed by atoms with E-state index in [9.17, 15) is 0 Å². The Labute approximate surface area is 108 Å². The molecule has 0 aliphatic carbocycles. The maximum atomic E-state index is 5.65. The second kappa shape index (κ2) is 8.10. The Morgan fingerprint density at radius 1 is 1.18 bits per heavy atom. The normalized spacial score (nSPS) is 28.2. The van der Waals surface area contributed by atoms with Gasteiger partial charge in [-0.25, -0.2) is 0 Å². The number of rotatable bonds is 7. The van der Waals surface area contributed by atoms with Crippen molar-refractivity contribution in [2.45, 2.75) is 52.9 Å². The molecule has 0 radical (unpaired) electrons. The second-order valence-corrected chi connectivity index (χ2v) is 6.20. The van der Waals surface area contributed by atoms with Crippen LogP contribution in [0.4, 0.5) is 0 Å². The van der Waals surface area contributed by atoms with E-state index in [1.165, 1.54) is 51.7 Å². The van der Waals surface area contributed by atoms with Gasteiger partial charge < -0.3 is 10.6 Å². The second-order valence-electron chi connectivity index (χ2n) is 6.20. The van der Waals surface area contributed by atoms with Crippen molar-refractivity contribution in [3.63, 3.8) is 0 Å². The molecule has 1 heterocycles. The first-order valence-corrected chi connectivity index (χ1v) is 7.58. The van der Waals surface area contributed by atoms with E-state index in [1.54, 1.807) is 0 Å². The van der Waals surface area contributed by atoms with Crippen molar-refractivity contribution in [3.8, 4) is 0 Å². The summed E-state index contributed by atoms with van der Waals surface area (Å²) in [6.07, 6.45) is 6.65. The van der Waals surface area contributed by atoms with Crippen molar-refractivity contribution < 1.29 is 0 Å². The highest BCUT2D eigenvalue weighted by molar-refractivity contribution is 4.74. The van der Waals surface area contributed by atoms with Gasteiger partial charge in [-0.1, -0.05) is 27.2 Å². The van der Waals surface area contributed by atoms with Crippen LogP contribution in [0.3, 0.4) is 0 Å². The fourth-order valence-corrected chi connectivity index (χ4v) is 3.37. The minimum absolute atomic E-state index is 0.857. The van der Waals surface area contributed by atoms with E-state index in [1.807, 2.05) is 0 Å². The van der Waals surface area contributed by atoms with E-state index < -0.39 is 0 Å². The Kier molecular flexibility index (Phi) is 7.14. The van der Waals surface area contributed by atoms with E-state index in [-0.39, 0.29) is 0 Å². The van der Waals surface area contributed by atoms with Crippen LogP contribution in [0, 0.1) is 17.8 Å². The van der Waals surface area contributed by atoms with Gasteiger partial charge in [0.1, 0.15) is 0 Å². The lowest BCUT2D eigenvalue weighted by Gasteiger charge is -2.35. The summed E-state index contributed by atoms with van der Waals surface area (Å²) >= 11 is 0. The molecule has 17 heavy (non-hydrogen) atoms. The van der Waals surface area contributed by atoms with Crippen molar-refractivity contribution >= 4 is 0 Å². The minimum Gasteiger partial charge on any atom is -0.330 e. The summed E-state index contributed by atoms with van der Waals surface area (Å²) in [5.41, 5.74) is 5.65. The highest BCUT2D eigenvalue weighted by Crippen LogP contribution is 2.22. The third-order valence-corrected chi connectivity index (χ3v) is 4.18. The Morgan fingerprint density at radius 3 is 2.35 bits per heavy atom. The smallest absolute Gasteiger partial charge is 0.000724 e. The van der Waals surface area contributed by atoms with Gasteiger partial charge in [0.05, 0.1) is 0 Å². The number of nitrogens with zero attached hydrogens (tertiary/aromatic N) is 1. The van der Waals surface area contributed by atoms with Crippen LogP contribution in [0.1, 0.15) is 52.9 Å². The Morgan fingerprint density at radius 2 is 1.82 bits per heavy atom. The first-order valence-electron chi connectivity index (χ1n) is 7.58. The number of nitrogens with two attached hydrogens (primary N) is 1. The molecule has 2 N–H and O–H groups in total. The molecule has 0 amide bonds. The highest BCUT2D eigenvalue weighted by atomic mass is 15.1. The van der Waals surface area contributed by atoms with Gasteiger partial charge in [0.25, 0.3) is 0 Å². The average molecular weight is 240 g/mol. The summed E-state index contributed by atoms with van der Waals surface area (Å²) in [6.45, 7) is 11.9. The van der Waals surface area contributed by atoms with E-state index in [4.69, 9.17) is 5.73 Å². The van der Waals surface area contributed by atoms with Crippen molar-refractivity contribution in [3.05, 3.63) is 0 Å². The number of hydrogen-bond donors (Lipinski definition) is 1. The molecule has 1 aliphatic rings. The monoisotopic (exact) mass is 240 g/mol. The van der Waals surface area contributed by atoms with E-state index in [2.05, 4.69) is 25.7 Å². The van der Waals surface area contributed by atoms with Crippen LogP contribution in [0.2, 0.25) is 0 Å². The molecular formula is C15H32N2. The number of likely N-dealkylation sites (tertiary alicyclic amines) is 1. The first kappa shape index (κ1) is 15.0. The predicted octanol–water partition coefficient (Wildman–Crippen LogP) is 3.12.